The van der Waals surface area contributed by atoms with Gasteiger partial charge in [-0.25, -0.2) is 4.79 Å². The average molecular weight is 249 g/mol. The molecule has 0 aliphatic heterocycles. The molecule has 0 aliphatic rings. The van der Waals surface area contributed by atoms with E-state index >= 15 is 0 Å². The lowest BCUT2D eigenvalue weighted by Gasteiger charge is -2.20. The van der Waals surface area contributed by atoms with E-state index in [0.717, 1.165) is 6.42 Å². The Bertz CT molecular complexity index is 201. The Balaban J connectivity index is 4.32. The Morgan fingerprint density at radius 3 is 2.31 bits per heavy atom. The predicted octanol–water partition coefficient (Wildman–Crippen LogP) is 3.06. The third-order valence-electron chi connectivity index (χ3n) is 1.26. The third-order valence-corrected chi connectivity index (χ3v) is 1.86. The molecule has 0 spiro atoms. The van der Waals surface area contributed by atoms with E-state index in [-0.39, 0.29) is 5.97 Å². The highest BCUT2D eigenvalue weighted by molar-refractivity contribution is 9.09. The number of ether oxygens (including phenoxy) is 1. The highest BCUT2D eigenvalue weighted by Gasteiger charge is 2.18. The molecule has 0 saturated carbocycles. The number of rotatable bonds is 3. The fourth-order valence-electron chi connectivity index (χ4n) is 0.782. The summed E-state index contributed by atoms with van der Waals surface area (Å²) in [6, 6.07) is 0. The summed E-state index contributed by atoms with van der Waals surface area (Å²) in [6.07, 6.45) is 2.73. The van der Waals surface area contributed by atoms with E-state index in [2.05, 4.69) is 15.9 Å². The van der Waals surface area contributed by atoms with Crippen LogP contribution in [0.5, 0.6) is 0 Å². The molecule has 76 valence electrons. The summed E-state index contributed by atoms with van der Waals surface area (Å²) in [7, 11) is 0. The molecule has 0 unspecified atom stereocenters. The van der Waals surface area contributed by atoms with Gasteiger partial charge in [0.2, 0.25) is 0 Å². The molecule has 0 aromatic carbocycles. The van der Waals surface area contributed by atoms with E-state index < -0.39 is 5.60 Å². The smallest absolute Gasteiger partial charge is 0.335 e. The van der Waals surface area contributed by atoms with E-state index in [1.807, 2.05) is 33.8 Å². The Kier molecular flexibility index (Phi) is 5.30. The highest BCUT2D eigenvalue weighted by Crippen LogP contribution is 2.12. The van der Waals surface area contributed by atoms with Crippen molar-refractivity contribution in [3.63, 3.8) is 0 Å². The molecule has 0 fully saturated rings. The van der Waals surface area contributed by atoms with Crippen molar-refractivity contribution in [3.05, 3.63) is 11.6 Å². The second-order valence-corrected chi connectivity index (χ2v) is 4.33. The first-order chi connectivity index (χ1) is 5.90. The highest BCUT2D eigenvalue weighted by atomic mass is 79.9. The Morgan fingerprint density at radius 2 is 2.00 bits per heavy atom. The van der Waals surface area contributed by atoms with Gasteiger partial charge in [-0.05, 0) is 27.2 Å². The summed E-state index contributed by atoms with van der Waals surface area (Å²) in [5.74, 6) is -0.230. The lowest BCUT2D eigenvalue weighted by atomic mass is 10.2. The van der Waals surface area contributed by atoms with Crippen LogP contribution in [0, 0.1) is 0 Å². The number of carbonyl (C=O) groups is 1. The lowest BCUT2D eigenvalue weighted by Crippen LogP contribution is -2.25. The first kappa shape index (κ1) is 12.7. The molecule has 13 heavy (non-hydrogen) atoms. The summed E-state index contributed by atoms with van der Waals surface area (Å²) in [4.78, 5) is 11.5. The van der Waals surface area contributed by atoms with Crippen molar-refractivity contribution in [2.24, 2.45) is 0 Å². The van der Waals surface area contributed by atoms with Crippen LogP contribution in [0.2, 0.25) is 0 Å². The number of allylic oxidation sites excluding steroid dienone is 1. The van der Waals surface area contributed by atoms with Crippen molar-refractivity contribution in [1.82, 2.24) is 0 Å². The molecule has 0 saturated heterocycles. The summed E-state index contributed by atoms with van der Waals surface area (Å²) < 4.78 is 5.21. The number of hydrogen-bond donors (Lipinski definition) is 0. The molecular formula is C10H17BrO2. The van der Waals surface area contributed by atoms with Crippen LogP contribution in [0.3, 0.4) is 0 Å². The van der Waals surface area contributed by atoms with Gasteiger partial charge >= 0.3 is 5.97 Å². The maximum atomic E-state index is 11.5. The van der Waals surface area contributed by atoms with Gasteiger partial charge in [0.15, 0.2) is 0 Å². The van der Waals surface area contributed by atoms with Crippen LogP contribution in [-0.2, 0) is 9.53 Å². The van der Waals surface area contributed by atoms with Crippen molar-refractivity contribution in [1.29, 1.82) is 0 Å². The number of esters is 1. The van der Waals surface area contributed by atoms with E-state index in [0.29, 0.717) is 10.9 Å². The fraction of sp³-hybridized carbons (Fsp3) is 0.700. The van der Waals surface area contributed by atoms with E-state index in [1.165, 1.54) is 0 Å². The Labute approximate surface area is 88.5 Å². The average Bonchev–Trinajstić information content (AvgIpc) is 1.96. The second-order valence-electron chi connectivity index (χ2n) is 3.77. The zero-order valence-electron chi connectivity index (χ0n) is 8.69. The van der Waals surface area contributed by atoms with Crippen molar-refractivity contribution in [2.45, 2.75) is 39.7 Å². The number of alkyl halides is 1. The zero-order valence-corrected chi connectivity index (χ0v) is 10.3. The van der Waals surface area contributed by atoms with Gasteiger partial charge in [0.25, 0.3) is 0 Å². The van der Waals surface area contributed by atoms with Crippen LogP contribution >= 0.6 is 15.9 Å². The number of carbonyl (C=O) groups excluding carboxylic acids is 1. The predicted molar refractivity (Wildman–Crippen MR) is 58.0 cm³/mol. The van der Waals surface area contributed by atoms with Crippen molar-refractivity contribution in [2.75, 3.05) is 5.33 Å². The van der Waals surface area contributed by atoms with Gasteiger partial charge in [-0.2, -0.15) is 0 Å². The minimum absolute atomic E-state index is 0.230. The largest absolute Gasteiger partial charge is 0.457 e. The quantitative estimate of drug-likeness (QED) is 0.436. The first-order valence-electron chi connectivity index (χ1n) is 4.39. The molecule has 0 aromatic rings. The molecule has 0 amide bonds. The maximum absolute atomic E-state index is 11.5. The van der Waals surface area contributed by atoms with Gasteiger partial charge in [0, 0.05) is 10.9 Å². The molecular weight excluding hydrogens is 232 g/mol. The lowest BCUT2D eigenvalue weighted by molar-refractivity contribution is -0.149. The third kappa shape index (κ3) is 5.86. The van der Waals surface area contributed by atoms with E-state index in [9.17, 15) is 4.79 Å². The van der Waals surface area contributed by atoms with Gasteiger partial charge < -0.3 is 4.74 Å². The maximum Gasteiger partial charge on any atom is 0.335 e. The summed E-state index contributed by atoms with van der Waals surface area (Å²) in [6.45, 7) is 7.58. The summed E-state index contributed by atoms with van der Waals surface area (Å²) in [5, 5.41) is 0.551. The van der Waals surface area contributed by atoms with Gasteiger partial charge in [0.1, 0.15) is 5.60 Å². The molecule has 0 N–H and O–H groups in total. The summed E-state index contributed by atoms with van der Waals surface area (Å²) in [5.41, 5.74) is 0.281. The first-order valence-corrected chi connectivity index (χ1v) is 5.51. The van der Waals surface area contributed by atoms with Gasteiger partial charge in [-0.1, -0.05) is 28.9 Å². The molecule has 0 aromatic heterocycles. The Morgan fingerprint density at radius 1 is 1.46 bits per heavy atom. The van der Waals surface area contributed by atoms with Crippen molar-refractivity contribution in [3.8, 4) is 0 Å². The van der Waals surface area contributed by atoms with E-state index in [4.69, 9.17) is 4.74 Å². The standard InChI is InChI=1S/C10H17BrO2/c1-5-6-8(7-11)9(12)13-10(2,3)4/h6H,5,7H2,1-4H3/b8-6+. The van der Waals surface area contributed by atoms with Crippen LogP contribution in [0.25, 0.3) is 0 Å². The molecule has 0 heterocycles. The van der Waals surface area contributed by atoms with Gasteiger partial charge in [-0.3, -0.25) is 0 Å². The SMILES string of the molecule is CC/C=C(\CBr)C(=O)OC(C)(C)C. The molecule has 2 nitrogen and oxygen atoms in total. The van der Waals surface area contributed by atoms with Gasteiger partial charge in [-0.15, -0.1) is 0 Å². The monoisotopic (exact) mass is 248 g/mol. The van der Waals surface area contributed by atoms with Crippen LogP contribution in [0.1, 0.15) is 34.1 Å². The minimum Gasteiger partial charge on any atom is -0.457 e. The second kappa shape index (κ2) is 5.43. The topological polar surface area (TPSA) is 26.3 Å². The van der Waals surface area contributed by atoms with Crippen LogP contribution in [-0.4, -0.2) is 16.9 Å². The normalized spacial score (nSPS) is 12.8. The number of hydrogen-bond acceptors (Lipinski definition) is 2. The van der Waals surface area contributed by atoms with Crippen molar-refractivity contribution >= 4 is 21.9 Å². The Hall–Kier alpha value is -0.310. The molecule has 0 rings (SSSR count). The molecule has 0 atom stereocenters. The van der Waals surface area contributed by atoms with Crippen LogP contribution < -0.4 is 0 Å². The number of halogens is 1. The van der Waals surface area contributed by atoms with Gasteiger partial charge in [0.05, 0.1) is 0 Å². The molecule has 3 heteroatoms. The van der Waals surface area contributed by atoms with Crippen LogP contribution in [0.4, 0.5) is 0 Å². The van der Waals surface area contributed by atoms with E-state index in [1.54, 1.807) is 0 Å². The molecule has 0 aliphatic carbocycles. The minimum atomic E-state index is -0.411. The van der Waals surface area contributed by atoms with Crippen LogP contribution in [0.15, 0.2) is 11.6 Å². The summed E-state index contributed by atoms with van der Waals surface area (Å²) >= 11 is 3.26. The zero-order chi connectivity index (χ0) is 10.5. The fourth-order valence-corrected chi connectivity index (χ4v) is 1.24. The van der Waals surface area contributed by atoms with Crippen molar-refractivity contribution < 1.29 is 9.53 Å². The molecule has 0 radical (unpaired) electrons. The molecule has 0 bridgehead atoms.